The van der Waals surface area contributed by atoms with Gasteiger partial charge in [0.15, 0.2) is 5.76 Å². The average molecular weight is 456 g/mol. The van der Waals surface area contributed by atoms with E-state index in [0.717, 1.165) is 21.0 Å². The summed E-state index contributed by atoms with van der Waals surface area (Å²) in [5.41, 5.74) is 2.59. The number of anilines is 1. The zero-order valence-electron chi connectivity index (χ0n) is 16.4. The number of halogens is 1. The van der Waals surface area contributed by atoms with E-state index < -0.39 is 0 Å². The molecule has 1 N–H and O–H groups in total. The number of pyridine rings is 1. The number of piperidine rings is 1. The Kier molecular flexibility index (Phi) is 5.41. The molecule has 0 aliphatic carbocycles. The summed E-state index contributed by atoms with van der Waals surface area (Å²) in [6.07, 6.45) is 2.92. The first-order valence-electron chi connectivity index (χ1n) is 9.64. The molecule has 1 saturated heterocycles. The van der Waals surface area contributed by atoms with Crippen LogP contribution in [0.2, 0.25) is 0 Å². The standard InChI is InChI=1S/C22H22BrN3O3/c1-13-5-8-24-19(11-13)25-21(27)15-6-9-26(10-7-15)22(28)20-14(2)17-12-16(23)3-4-18(17)29-20/h3-5,8,11-12,15H,6-7,9-10H2,1-2H3,(H,24,25,27). The van der Waals surface area contributed by atoms with E-state index in [2.05, 4.69) is 26.2 Å². The highest BCUT2D eigenvalue weighted by molar-refractivity contribution is 9.10. The number of rotatable bonds is 3. The normalized spacial score (nSPS) is 14.9. The number of fused-ring (bicyclic) bond motifs is 1. The van der Waals surface area contributed by atoms with Crippen LogP contribution in [0.1, 0.15) is 34.5 Å². The van der Waals surface area contributed by atoms with Crippen LogP contribution in [0.15, 0.2) is 45.4 Å². The summed E-state index contributed by atoms with van der Waals surface area (Å²) in [5.74, 6) is 0.658. The molecule has 7 heteroatoms. The molecule has 0 saturated carbocycles. The molecule has 2 amide bonds. The van der Waals surface area contributed by atoms with Gasteiger partial charge in [-0.3, -0.25) is 9.59 Å². The van der Waals surface area contributed by atoms with Gasteiger partial charge in [-0.15, -0.1) is 0 Å². The van der Waals surface area contributed by atoms with E-state index in [4.69, 9.17) is 4.42 Å². The van der Waals surface area contributed by atoms with Gasteiger partial charge in [0, 0.05) is 40.6 Å². The summed E-state index contributed by atoms with van der Waals surface area (Å²) < 4.78 is 6.78. The second-order valence-electron chi connectivity index (χ2n) is 7.47. The van der Waals surface area contributed by atoms with Crippen LogP contribution in [0.5, 0.6) is 0 Å². The maximum Gasteiger partial charge on any atom is 0.289 e. The van der Waals surface area contributed by atoms with Crippen molar-refractivity contribution in [1.82, 2.24) is 9.88 Å². The fourth-order valence-electron chi connectivity index (χ4n) is 3.72. The topological polar surface area (TPSA) is 75.4 Å². The lowest BCUT2D eigenvalue weighted by Gasteiger charge is -2.30. The molecule has 4 rings (SSSR count). The Morgan fingerprint density at radius 1 is 1.17 bits per heavy atom. The number of carbonyl (C=O) groups is 2. The van der Waals surface area contributed by atoms with E-state index in [1.165, 1.54) is 0 Å². The molecule has 1 aromatic carbocycles. The lowest BCUT2D eigenvalue weighted by molar-refractivity contribution is -0.121. The van der Waals surface area contributed by atoms with Gasteiger partial charge in [-0.2, -0.15) is 0 Å². The number of amides is 2. The van der Waals surface area contributed by atoms with Crippen LogP contribution >= 0.6 is 15.9 Å². The number of carbonyl (C=O) groups excluding carboxylic acids is 2. The van der Waals surface area contributed by atoms with Crippen LogP contribution in [-0.4, -0.2) is 34.8 Å². The summed E-state index contributed by atoms with van der Waals surface area (Å²) in [4.78, 5) is 31.5. The monoisotopic (exact) mass is 455 g/mol. The molecule has 0 spiro atoms. The predicted molar refractivity (Wildman–Crippen MR) is 115 cm³/mol. The smallest absolute Gasteiger partial charge is 0.289 e. The van der Waals surface area contributed by atoms with Crippen molar-refractivity contribution in [3.63, 3.8) is 0 Å². The highest BCUT2D eigenvalue weighted by atomic mass is 79.9. The Hall–Kier alpha value is -2.67. The van der Waals surface area contributed by atoms with E-state index in [1.54, 1.807) is 11.1 Å². The second kappa shape index (κ2) is 7.99. The first kappa shape index (κ1) is 19.6. The minimum Gasteiger partial charge on any atom is -0.451 e. The number of furan rings is 1. The molecular formula is C22H22BrN3O3. The van der Waals surface area contributed by atoms with Gasteiger partial charge in [-0.1, -0.05) is 15.9 Å². The number of hydrogen-bond donors (Lipinski definition) is 1. The highest BCUT2D eigenvalue weighted by Gasteiger charge is 2.30. The molecule has 1 fully saturated rings. The van der Waals surface area contributed by atoms with Crippen LogP contribution in [0.25, 0.3) is 11.0 Å². The van der Waals surface area contributed by atoms with Crippen LogP contribution in [0.4, 0.5) is 5.82 Å². The van der Waals surface area contributed by atoms with Crippen molar-refractivity contribution >= 4 is 44.5 Å². The molecule has 3 aromatic rings. The first-order chi connectivity index (χ1) is 13.9. The zero-order chi connectivity index (χ0) is 20.5. The molecule has 1 aliphatic rings. The van der Waals surface area contributed by atoms with Gasteiger partial charge in [0.25, 0.3) is 5.91 Å². The molecule has 150 valence electrons. The van der Waals surface area contributed by atoms with Gasteiger partial charge in [-0.25, -0.2) is 4.98 Å². The van der Waals surface area contributed by atoms with Crippen molar-refractivity contribution in [2.24, 2.45) is 5.92 Å². The van der Waals surface area contributed by atoms with E-state index in [0.29, 0.717) is 43.1 Å². The third-order valence-electron chi connectivity index (χ3n) is 5.41. The number of nitrogens with zero attached hydrogens (tertiary/aromatic N) is 2. The van der Waals surface area contributed by atoms with Crippen LogP contribution in [-0.2, 0) is 4.79 Å². The molecule has 0 radical (unpaired) electrons. The van der Waals surface area contributed by atoms with Gasteiger partial charge < -0.3 is 14.6 Å². The Morgan fingerprint density at radius 2 is 1.93 bits per heavy atom. The minimum absolute atomic E-state index is 0.0417. The van der Waals surface area contributed by atoms with Crippen molar-refractivity contribution < 1.29 is 14.0 Å². The average Bonchev–Trinajstić information content (AvgIpc) is 3.03. The lowest BCUT2D eigenvalue weighted by atomic mass is 9.95. The van der Waals surface area contributed by atoms with E-state index in [-0.39, 0.29) is 17.7 Å². The maximum absolute atomic E-state index is 13.0. The Bertz CT molecular complexity index is 1080. The number of hydrogen-bond acceptors (Lipinski definition) is 4. The molecule has 0 atom stereocenters. The molecule has 0 bridgehead atoms. The predicted octanol–water partition coefficient (Wildman–Crippen LogP) is 4.70. The Labute approximate surface area is 177 Å². The van der Waals surface area contributed by atoms with Gasteiger partial charge in [0.2, 0.25) is 5.91 Å². The van der Waals surface area contributed by atoms with Crippen LogP contribution in [0, 0.1) is 19.8 Å². The Balaban J connectivity index is 1.41. The number of aryl methyl sites for hydroxylation is 2. The van der Waals surface area contributed by atoms with E-state index >= 15 is 0 Å². The first-order valence-corrected chi connectivity index (χ1v) is 10.4. The number of aromatic nitrogens is 1. The van der Waals surface area contributed by atoms with Crippen molar-refractivity contribution in [3.8, 4) is 0 Å². The number of benzene rings is 1. The maximum atomic E-state index is 13.0. The third-order valence-corrected chi connectivity index (χ3v) is 5.91. The molecular weight excluding hydrogens is 434 g/mol. The summed E-state index contributed by atoms with van der Waals surface area (Å²) in [7, 11) is 0. The summed E-state index contributed by atoms with van der Waals surface area (Å²) >= 11 is 3.46. The minimum atomic E-state index is -0.130. The quantitative estimate of drug-likeness (QED) is 0.620. The zero-order valence-corrected chi connectivity index (χ0v) is 18.0. The summed E-state index contributed by atoms with van der Waals surface area (Å²) in [6.45, 7) is 4.91. The van der Waals surface area contributed by atoms with Crippen LogP contribution in [0.3, 0.4) is 0 Å². The van der Waals surface area contributed by atoms with Crippen molar-refractivity contribution in [2.75, 3.05) is 18.4 Å². The van der Waals surface area contributed by atoms with Crippen LogP contribution < -0.4 is 5.32 Å². The van der Waals surface area contributed by atoms with Gasteiger partial charge in [0.1, 0.15) is 11.4 Å². The molecule has 29 heavy (non-hydrogen) atoms. The highest BCUT2D eigenvalue weighted by Crippen LogP contribution is 2.30. The fourth-order valence-corrected chi connectivity index (χ4v) is 4.08. The molecule has 0 unspecified atom stereocenters. The van der Waals surface area contributed by atoms with Gasteiger partial charge in [-0.05, 0) is 62.6 Å². The SMILES string of the molecule is Cc1ccnc(NC(=O)C2CCN(C(=O)c3oc4ccc(Br)cc4c3C)CC2)c1. The second-order valence-corrected chi connectivity index (χ2v) is 8.39. The molecule has 6 nitrogen and oxygen atoms in total. The van der Waals surface area contributed by atoms with E-state index in [1.807, 2.05) is 44.2 Å². The van der Waals surface area contributed by atoms with Crippen molar-refractivity contribution in [1.29, 1.82) is 0 Å². The lowest BCUT2D eigenvalue weighted by Crippen LogP contribution is -2.41. The van der Waals surface area contributed by atoms with Crippen molar-refractivity contribution in [2.45, 2.75) is 26.7 Å². The summed E-state index contributed by atoms with van der Waals surface area (Å²) in [5, 5.41) is 3.82. The van der Waals surface area contributed by atoms with Gasteiger partial charge in [0.05, 0.1) is 0 Å². The third kappa shape index (κ3) is 4.05. The Morgan fingerprint density at radius 3 is 2.66 bits per heavy atom. The van der Waals surface area contributed by atoms with E-state index in [9.17, 15) is 9.59 Å². The fraction of sp³-hybridized carbons (Fsp3) is 0.318. The molecule has 2 aromatic heterocycles. The summed E-state index contributed by atoms with van der Waals surface area (Å²) in [6, 6.07) is 9.45. The molecule has 1 aliphatic heterocycles. The number of nitrogens with one attached hydrogen (secondary N) is 1. The largest absolute Gasteiger partial charge is 0.451 e. The van der Waals surface area contributed by atoms with Gasteiger partial charge >= 0.3 is 0 Å². The number of likely N-dealkylation sites (tertiary alicyclic amines) is 1. The molecule has 3 heterocycles. The van der Waals surface area contributed by atoms with Crippen molar-refractivity contribution in [3.05, 3.63) is 57.9 Å².